The molecule has 1 aromatic carbocycles. The van der Waals surface area contributed by atoms with Gasteiger partial charge in [0, 0.05) is 6.42 Å². The molecule has 5 heteroatoms. The fraction of sp³-hybridized carbons (Fsp3) is 0.455. The highest BCUT2D eigenvalue weighted by atomic mass is 31.2. The summed E-state index contributed by atoms with van der Waals surface area (Å²) in [5.74, 6) is -0.645. The van der Waals surface area contributed by atoms with Crippen LogP contribution in [0.2, 0.25) is 0 Å². The summed E-state index contributed by atoms with van der Waals surface area (Å²) in [6.07, 6.45) is -0.171. The topological polar surface area (TPSA) is 83.4 Å². The minimum Gasteiger partial charge on any atom is -0.809 e. The molecule has 1 rings (SSSR count). The highest BCUT2D eigenvalue weighted by Crippen LogP contribution is 2.47. The van der Waals surface area contributed by atoms with Crippen LogP contribution >= 0.6 is 7.60 Å². The van der Waals surface area contributed by atoms with Gasteiger partial charge in [-0.15, -0.1) is 0 Å². The van der Waals surface area contributed by atoms with E-state index in [2.05, 4.69) is 0 Å². The normalized spacial score (nSPS) is 16.1. The van der Waals surface area contributed by atoms with Crippen molar-refractivity contribution in [2.24, 2.45) is 5.92 Å². The first-order valence-corrected chi connectivity index (χ1v) is 6.60. The third-order valence-corrected chi connectivity index (χ3v) is 4.33. The van der Waals surface area contributed by atoms with E-state index >= 15 is 0 Å². The van der Waals surface area contributed by atoms with Crippen LogP contribution in [0.15, 0.2) is 30.3 Å². The lowest BCUT2D eigenvalue weighted by molar-refractivity contribution is -0.332. The van der Waals surface area contributed by atoms with Gasteiger partial charge in [-0.25, -0.2) is 0 Å². The van der Waals surface area contributed by atoms with Gasteiger partial charge in [0.05, 0.1) is 5.34 Å². The van der Waals surface area contributed by atoms with Crippen LogP contribution in [-0.4, -0.2) is 10.4 Å². The summed E-state index contributed by atoms with van der Waals surface area (Å²) in [5, 5.41) is 7.78. The van der Waals surface area contributed by atoms with E-state index in [4.69, 9.17) is 0 Å². The van der Waals surface area contributed by atoms with Gasteiger partial charge in [-0.1, -0.05) is 44.2 Å². The number of rotatable bonds is 4. The van der Waals surface area contributed by atoms with Gasteiger partial charge in [-0.3, -0.25) is 0 Å². The second kappa shape index (κ2) is 4.68. The molecule has 0 saturated carbocycles. The first-order valence-electron chi connectivity index (χ1n) is 5.06. The molecule has 0 aliphatic carbocycles. The van der Waals surface area contributed by atoms with Gasteiger partial charge < -0.3 is 19.5 Å². The van der Waals surface area contributed by atoms with Gasteiger partial charge in [0.15, 0.2) is 0 Å². The van der Waals surface area contributed by atoms with Gasteiger partial charge in [-0.05, 0) is 19.1 Å². The molecule has 0 bridgehead atoms. The van der Waals surface area contributed by atoms with Gasteiger partial charge >= 0.3 is 0 Å². The molecule has 0 aliphatic heterocycles. The minimum absolute atomic E-state index is 0.171. The Kier molecular flexibility index (Phi) is 3.92. The molecule has 90 valence electrons. The fourth-order valence-electron chi connectivity index (χ4n) is 1.51. The van der Waals surface area contributed by atoms with E-state index in [9.17, 15) is 19.5 Å². The number of aliphatic hydroxyl groups is 1. The fourth-order valence-corrected chi connectivity index (χ4v) is 2.52. The zero-order chi connectivity index (χ0) is 12.4. The summed E-state index contributed by atoms with van der Waals surface area (Å²) in [6, 6.07) is 8.62. The van der Waals surface area contributed by atoms with Crippen molar-refractivity contribution < 1.29 is 19.5 Å². The Morgan fingerprint density at radius 3 is 2.19 bits per heavy atom. The van der Waals surface area contributed by atoms with Crippen LogP contribution < -0.4 is 9.79 Å². The Morgan fingerprint density at radius 1 is 1.31 bits per heavy atom. The lowest BCUT2D eigenvalue weighted by Gasteiger charge is -2.48. The van der Waals surface area contributed by atoms with E-state index in [1.54, 1.807) is 30.3 Å². The number of hydrogen-bond donors (Lipinski definition) is 1. The highest BCUT2D eigenvalue weighted by molar-refractivity contribution is 7.50. The molecule has 0 aliphatic rings. The summed E-state index contributed by atoms with van der Waals surface area (Å²) < 4.78 is 11.1. The van der Waals surface area contributed by atoms with Crippen LogP contribution in [0.3, 0.4) is 0 Å². The van der Waals surface area contributed by atoms with Gasteiger partial charge in [0.1, 0.15) is 0 Å². The van der Waals surface area contributed by atoms with Gasteiger partial charge in [0.2, 0.25) is 0 Å². The summed E-state index contributed by atoms with van der Waals surface area (Å²) in [6.45, 7) is 3.04. The van der Waals surface area contributed by atoms with Crippen LogP contribution in [0.4, 0.5) is 0 Å². The second-order valence-corrected chi connectivity index (χ2v) is 5.96. The van der Waals surface area contributed by atoms with Crippen molar-refractivity contribution in [3.05, 3.63) is 35.9 Å². The molecule has 1 atom stereocenters. The van der Waals surface area contributed by atoms with E-state index < -0.39 is 18.9 Å². The van der Waals surface area contributed by atoms with Crippen LogP contribution in [0.1, 0.15) is 19.4 Å². The maximum Gasteiger partial charge on any atom is 0.0974 e. The molecule has 0 aromatic heterocycles. The summed E-state index contributed by atoms with van der Waals surface area (Å²) >= 11 is 0. The van der Waals surface area contributed by atoms with Crippen molar-refractivity contribution >= 4 is 7.60 Å². The Hall–Kier alpha value is -0.670. The van der Waals surface area contributed by atoms with Crippen molar-refractivity contribution in [3.8, 4) is 0 Å². The molecule has 16 heavy (non-hydrogen) atoms. The minimum atomic E-state index is -5.05. The zero-order valence-corrected chi connectivity index (χ0v) is 10.2. The van der Waals surface area contributed by atoms with E-state index in [-0.39, 0.29) is 6.42 Å². The first-order chi connectivity index (χ1) is 7.27. The summed E-state index contributed by atoms with van der Waals surface area (Å²) in [5.41, 5.74) is 0.630. The Morgan fingerprint density at radius 2 is 1.81 bits per heavy atom. The quantitative estimate of drug-likeness (QED) is 0.779. The van der Waals surface area contributed by atoms with Crippen LogP contribution in [0.25, 0.3) is 0 Å². The molecule has 4 nitrogen and oxygen atoms in total. The molecule has 1 N–H and O–H groups in total. The highest BCUT2D eigenvalue weighted by Gasteiger charge is 2.34. The Balaban J connectivity index is 3.03. The van der Waals surface area contributed by atoms with Crippen LogP contribution in [-0.2, 0) is 11.0 Å². The number of hydrogen-bond acceptors (Lipinski definition) is 4. The molecule has 0 amide bonds. The molecule has 0 radical (unpaired) electrons. The Labute approximate surface area is 95.1 Å². The summed E-state index contributed by atoms with van der Waals surface area (Å²) in [4.78, 5) is 22.2. The lowest BCUT2D eigenvalue weighted by atomic mass is 9.98. The molecule has 0 spiro atoms. The van der Waals surface area contributed by atoms with Gasteiger partial charge in [-0.2, -0.15) is 0 Å². The number of benzene rings is 1. The molecular weight excluding hydrogens is 227 g/mol. The molecule has 0 fully saturated rings. The summed E-state index contributed by atoms with van der Waals surface area (Å²) in [7, 11) is -5.05. The van der Waals surface area contributed by atoms with Gasteiger partial charge in [0.25, 0.3) is 0 Å². The van der Waals surface area contributed by atoms with E-state index in [0.29, 0.717) is 5.56 Å². The van der Waals surface area contributed by atoms with Crippen molar-refractivity contribution in [2.45, 2.75) is 25.6 Å². The maximum absolute atomic E-state index is 11.1. The monoisotopic (exact) mass is 242 g/mol. The van der Waals surface area contributed by atoms with E-state index in [1.807, 2.05) is 0 Å². The maximum atomic E-state index is 11.1. The smallest absolute Gasteiger partial charge is 0.0974 e. The SMILES string of the molecule is CC(C)C(O)(Cc1ccccc1)P(=O)([O-])[O-]. The van der Waals surface area contributed by atoms with Crippen molar-refractivity contribution in [1.82, 2.24) is 0 Å². The average molecular weight is 242 g/mol. The zero-order valence-electron chi connectivity index (χ0n) is 9.29. The van der Waals surface area contributed by atoms with Crippen molar-refractivity contribution in [1.29, 1.82) is 0 Å². The molecule has 1 unspecified atom stereocenters. The predicted molar refractivity (Wildman–Crippen MR) is 57.5 cm³/mol. The third-order valence-electron chi connectivity index (χ3n) is 2.71. The lowest BCUT2D eigenvalue weighted by Crippen LogP contribution is -2.45. The van der Waals surface area contributed by atoms with Crippen LogP contribution in [0, 0.1) is 5.92 Å². The van der Waals surface area contributed by atoms with Crippen LogP contribution in [0.5, 0.6) is 0 Å². The first kappa shape index (κ1) is 13.4. The molecule has 0 saturated heterocycles. The van der Waals surface area contributed by atoms with Crippen molar-refractivity contribution in [3.63, 3.8) is 0 Å². The average Bonchev–Trinajstić information content (AvgIpc) is 2.17. The van der Waals surface area contributed by atoms with E-state index in [1.165, 1.54) is 13.8 Å². The van der Waals surface area contributed by atoms with Crippen molar-refractivity contribution in [2.75, 3.05) is 0 Å². The molecule has 0 heterocycles. The Bertz CT molecular complexity index is 384. The predicted octanol–water partition coefficient (Wildman–Crippen LogP) is 0.487. The standard InChI is InChI=1S/C11H17O4P/c1-9(2)11(12,16(13,14)15)8-10-6-4-3-5-7-10/h3-7,9,12H,8H2,1-2H3,(H2,13,14,15)/p-2. The molecule has 1 aromatic rings. The largest absolute Gasteiger partial charge is 0.809 e. The third kappa shape index (κ3) is 2.71. The second-order valence-electron chi connectivity index (χ2n) is 4.19. The molecular formula is C11H15O4P-2. The van der Waals surface area contributed by atoms with E-state index in [0.717, 1.165) is 0 Å².